The molecule has 28 heavy (non-hydrogen) atoms. The zero-order valence-corrected chi connectivity index (χ0v) is 15.9. The standard InChI is InChI=1S/C20H25N5O3/c1-23-9-11-24(12-10-23)15-17-6-3-2-5-16(17)14-21-20(26)22-18-7-4-8-19(13-18)25(27)28/h2-8,13H,9-12,14-15H2,1H3,(H2,21,22,26). The summed E-state index contributed by atoms with van der Waals surface area (Å²) >= 11 is 0. The van der Waals surface area contributed by atoms with E-state index in [4.69, 9.17) is 0 Å². The van der Waals surface area contributed by atoms with E-state index in [1.54, 1.807) is 12.1 Å². The molecule has 2 aromatic carbocycles. The molecule has 0 spiro atoms. The average Bonchev–Trinajstić information content (AvgIpc) is 2.69. The zero-order valence-electron chi connectivity index (χ0n) is 15.9. The Morgan fingerprint density at radius 2 is 1.79 bits per heavy atom. The monoisotopic (exact) mass is 383 g/mol. The second kappa shape index (κ2) is 9.29. The van der Waals surface area contributed by atoms with Crippen molar-refractivity contribution < 1.29 is 9.72 Å². The predicted molar refractivity (Wildman–Crippen MR) is 108 cm³/mol. The summed E-state index contributed by atoms with van der Waals surface area (Å²) in [5.41, 5.74) is 2.59. The molecule has 3 rings (SSSR count). The maximum atomic E-state index is 12.2. The third-order valence-electron chi connectivity index (χ3n) is 4.86. The maximum absolute atomic E-state index is 12.2. The highest BCUT2D eigenvalue weighted by molar-refractivity contribution is 5.89. The Kier molecular flexibility index (Phi) is 6.57. The number of non-ortho nitro benzene ring substituents is 1. The van der Waals surface area contributed by atoms with Crippen molar-refractivity contribution in [2.45, 2.75) is 13.1 Å². The van der Waals surface area contributed by atoms with Crippen LogP contribution in [-0.2, 0) is 13.1 Å². The second-order valence-electron chi connectivity index (χ2n) is 6.96. The Morgan fingerprint density at radius 3 is 2.50 bits per heavy atom. The minimum absolute atomic E-state index is 0.0599. The number of urea groups is 1. The molecule has 2 aromatic rings. The second-order valence-corrected chi connectivity index (χ2v) is 6.96. The van der Waals surface area contributed by atoms with Crippen molar-refractivity contribution in [1.82, 2.24) is 15.1 Å². The van der Waals surface area contributed by atoms with Crippen LogP contribution in [0.1, 0.15) is 11.1 Å². The molecule has 148 valence electrons. The van der Waals surface area contributed by atoms with Crippen LogP contribution in [0.3, 0.4) is 0 Å². The minimum Gasteiger partial charge on any atom is -0.334 e. The number of piperazine rings is 1. The van der Waals surface area contributed by atoms with Gasteiger partial charge in [-0.1, -0.05) is 30.3 Å². The predicted octanol–water partition coefficient (Wildman–Crippen LogP) is 2.66. The van der Waals surface area contributed by atoms with E-state index in [9.17, 15) is 14.9 Å². The maximum Gasteiger partial charge on any atom is 0.319 e. The summed E-state index contributed by atoms with van der Waals surface area (Å²) in [4.78, 5) is 27.3. The topological polar surface area (TPSA) is 90.8 Å². The Bertz CT molecular complexity index is 834. The highest BCUT2D eigenvalue weighted by Crippen LogP contribution is 2.17. The van der Waals surface area contributed by atoms with Crippen molar-refractivity contribution in [3.63, 3.8) is 0 Å². The summed E-state index contributed by atoms with van der Waals surface area (Å²) in [7, 11) is 2.13. The quantitative estimate of drug-likeness (QED) is 0.591. The van der Waals surface area contributed by atoms with Crippen LogP contribution in [0, 0.1) is 10.1 Å². The van der Waals surface area contributed by atoms with Crippen molar-refractivity contribution in [3.05, 3.63) is 69.8 Å². The number of amides is 2. The molecule has 1 fully saturated rings. The molecule has 1 saturated heterocycles. The number of rotatable bonds is 6. The van der Waals surface area contributed by atoms with Crippen LogP contribution in [0.25, 0.3) is 0 Å². The summed E-state index contributed by atoms with van der Waals surface area (Å²) in [6.07, 6.45) is 0. The van der Waals surface area contributed by atoms with Crippen LogP contribution in [0.4, 0.5) is 16.2 Å². The van der Waals surface area contributed by atoms with Crippen molar-refractivity contribution in [1.29, 1.82) is 0 Å². The van der Waals surface area contributed by atoms with Crippen LogP contribution < -0.4 is 10.6 Å². The summed E-state index contributed by atoms with van der Waals surface area (Å²) in [5.74, 6) is 0. The van der Waals surface area contributed by atoms with Gasteiger partial charge in [0.2, 0.25) is 0 Å². The lowest BCUT2D eigenvalue weighted by Crippen LogP contribution is -2.44. The van der Waals surface area contributed by atoms with Gasteiger partial charge in [0.15, 0.2) is 0 Å². The number of nitrogens with one attached hydrogen (secondary N) is 2. The summed E-state index contributed by atoms with van der Waals surface area (Å²) < 4.78 is 0. The Hall–Kier alpha value is -2.97. The average molecular weight is 383 g/mol. The molecule has 1 aliphatic rings. The first-order valence-corrected chi connectivity index (χ1v) is 9.28. The molecule has 0 aliphatic carbocycles. The lowest BCUT2D eigenvalue weighted by molar-refractivity contribution is -0.384. The largest absolute Gasteiger partial charge is 0.334 e. The molecule has 0 aromatic heterocycles. The smallest absolute Gasteiger partial charge is 0.319 e. The molecule has 0 radical (unpaired) electrons. The van der Waals surface area contributed by atoms with E-state index in [1.807, 2.05) is 18.2 Å². The summed E-state index contributed by atoms with van der Waals surface area (Å²) in [6, 6.07) is 13.6. The van der Waals surface area contributed by atoms with E-state index in [1.165, 1.54) is 17.7 Å². The van der Waals surface area contributed by atoms with E-state index in [2.05, 4.69) is 33.5 Å². The number of anilines is 1. The van der Waals surface area contributed by atoms with Crippen molar-refractivity contribution in [3.8, 4) is 0 Å². The molecule has 0 bridgehead atoms. The van der Waals surface area contributed by atoms with Gasteiger partial charge in [0, 0.05) is 57.1 Å². The number of carbonyl (C=O) groups is 1. The molecule has 1 heterocycles. The Morgan fingerprint density at radius 1 is 1.07 bits per heavy atom. The molecule has 8 nitrogen and oxygen atoms in total. The number of carbonyl (C=O) groups excluding carboxylic acids is 1. The SMILES string of the molecule is CN1CCN(Cc2ccccc2CNC(=O)Nc2cccc([N+](=O)[O-])c2)CC1. The number of nitrogens with zero attached hydrogens (tertiary/aromatic N) is 3. The van der Waals surface area contributed by atoms with Crippen LogP contribution in [0.15, 0.2) is 48.5 Å². The summed E-state index contributed by atoms with van der Waals surface area (Å²) in [5, 5.41) is 16.3. The van der Waals surface area contributed by atoms with Gasteiger partial charge in [0.25, 0.3) is 5.69 Å². The summed E-state index contributed by atoms with van der Waals surface area (Å²) in [6.45, 7) is 5.44. The highest BCUT2D eigenvalue weighted by atomic mass is 16.6. The van der Waals surface area contributed by atoms with E-state index in [0.29, 0.717) is 12.2 Å². The molecule has 2 amide bonds. The lowest BCUT2D eigenvalue weighted by Gasteiger charge is -2.32. The van der Waals surface area contributed by atoms with Crippen LogP contribution in [0.5, 0.6) is 0 Å². The number of hydrogen-bond donors (Lipinski definition) is 2. The van der Waals surface area contributed by atoms with E-state index in [0.717, 1.165) is 38.3 Å². The van der Waals surface area contributed by atoms with Gasteiger partial charge in [-0.3, -0.25) is 15.0 Å². The first kappa shape index (κ1) is 19.8. The minimum atomic E-state index is -0.488. The van der Waals surface area contributed by atoms with Crippen LogP contribution in [0.2, 0.25) is 0 Å². The Labute approximate surface area is 164 Å². The number of nitro benzene ring substituents is 1. The third kappa shape index (κ3) is 5.51. The Balaban J connectivity index is 1.56. The first-order valence-electron chi connectivity index (χ1n) is 9.28. The number of hydrogen-bond acceptors (Lipinski definition) is 5. The van der Waals surface area contributed by atoms with Crippen LogP contribution in [-0.4, -0.2) is 54.0 Å². The molecule has 1 aliphatic heterocycles. The van der Waals surface area contributed by atoms with Gasteiger partial charge >= 0.3 is 6.03 Å². The molecular formula is C20H25N5O3. The lowest BCUT2D eigenvalue weighted by atomic mass is 10.1. The van der Waals surface area contributed by atoms with Crippen molar-refractivity contribution in [2.75, 3.05) is 38.5 Å². The third-order valence-corrected chi connectivity index (χ3v) is 4.86. The molecule has 0 saturated carbocycles. The van der Waals surface area contributed by atoms with Gasteiger partial charge in [0.05, 0.1) is 4.92 Å². The van der Waals surface area contributed by atoms with Gasteiger partial charge < -0.3 is 15.5 Å². The molecular weight excluding hydrogens is 358 g/mol. The van der Waals surface area contributed by atoms with Gasteiger partial charge in [-0.2, -0.15) is 0 Å². The molecule has 2 N–H and O–H groups in total. The first-order chi connectivity index (χ1) is 13.5. The van der Waals surface area contributed by atoms with Gasteiger partial charge in [0.1, 0.15) is 0 Å². The molecule has 8 heteroatoms. The van der Waals surface area contributed by atoms with Gasteiger partial charge in [-0.05, 0) is 24.2 Å². The van der Waals surface area contributed by atoms with Crippen molar-refractivity contribution >= 4 is 17.4 Å². The van der Waals surface area contributed by atoms with E-state index in [-0.39, 0.29) is 5.69 Å². The number of nitro groups is 1. The normalized spacial score (nSPS) is 15.2. The van der Waals surface area contributed by atoms with E-state index < -0.39 is 11.0 Å². The number of likely N-dealkylation sites (N-methyl/N-ethyl adjacent to an activating group) is 1. The molecule has 0 unspecified atom stereocenters. The zero-order chi connectivity index (χ0) is 19.9. The fourth-order valence-corrected chi connectivity index (χ4v) is 3.18. The number of benzene rings is 2. The van der Waals surface area contributed by atoms with Gasteiger partial charge in [-0.25, -0.2) is 4.79 Å². The fraction of sp³-hybridized carbons (Fsp3) is 0.350. The highest BCUT2D eigenvalue weighted by Gasteiger charge is 2.15. The molecule has 0 atom stereocenters. The fourth-order valence-electron chi connectivity index (χ4n) is 3.18. The van der Waals surface area contributed by atoms with E-state index >= 15 is 0 Å². The van der Waals surface area contributed by atoms with Gasteiger partial charge in [-0.15, -0.1) is 0 Å². The van der Waals surface area contributed by atoms with Crippen molar-refractivity contribution in [2.24, 2.45) is 0 Å². The van der Waals surface area contributed by atoms with Crippen LogP contribution >= 0.6 is 0 Å².